The maximum atomic E-state index is 11.7. The van der Waals surface area contributed by atoms with Crippen molar-refractivity contribution in [2.75, 3.05) is 20.1 Å². The molecule has 0 spiro atoms. The molecule has 0 radical (unpaired) electrons. The third-order valence-electron chi connectivity index (χ3n) is 2.77. The number of halogens is 1. The van der Waals surface area contributed by atoms with Gasteiger partial charge in [0, 0.05) is 32.6 Å². The van der Waals surface area contributed by atoms with Gasteiger partial charge in [-0.05, 0) is 19.1 Å². The van der Waals surface area contributed by atoms with Crippen molar-refractivity contribution in [3.8, 4) is 0 Å². The number of nitrogens with two attached hydrogens (primary N) is 1. The number of rotatable bonds is 6. The summed E-state index contributed by atoms with van der Waals surface area (Å²) in [5.74, 6) is -0.124. The van der Waals surface area contributed by atoms with Gasteiger partial charge in [0.1, 0.15) is 0 Å². The minimum atomic E-state index is -0.317. The van der Waals surface area contributed by atoms with Crippen LogP contribution in [0.1, 0.15) is 23.9 Å². The lowest BCUT2D eigenvalue weighted by atomic mass is 10.2. The smallest absolute Gasteiger partial charge is 0.286 e. The summed E-state index contributed by atoms with van der Waals surface area (Å²) >= 11 is 0. The second-order valence-electron chi connectivity index (χ2n) is 4.07. The van der Waals surface area contributed by atoms with Gasteiger partial charge in [0.15, 0.2) is 5.76 Å². The first-order valence-electron chi connectivity index (χ1n) is 5.83. The Morgan fingerprint density at radius 1 is 1.53 bits per heavy atom. The molecular weight excluding hydrogens is 270 g/mol. The van der Waals surface area contributed by atoms with Crippen LogP contribution in [0.5, 0.6) is 0 Å². The number of hydrogen-bond donors (Lipinski definition) is 2. The number of furan rings is 1. The van der Waals surface area contributed by atoms with E-state index in [4.69, 9.17) is 10.2 Å². The molecule has 1 unspecified atom stereocenters. The number of amides is 2. The quantitative estimate of drug-likeness (QED) is 0.804. The molecule has 0 aromatic carbocycles. The number of nitrogens with zero attached hydrogens (tertiary/aromatic N) is 1. The fourth-order valence-corrected chi connectivity index (χ4v) is 1.36. The highest BCUT2D eigenvalue weighted by molar-refractivity contribution is 5.91. The lowest BCUT2D eigenvalue weighted by molar-refractivity contribution is -0.131. The van der Waals surface area contributed by atoms with Crippen molar-refractivity contribution in [3.63, 3.8) is 0 Å². The SMILES string of the molecule is CC(CN)N(C)C(=O)CCNC(=O)c1ccco1.Cl. The van der Waals surface area contributed by atoms with E-state index in [-0.39, 0.29) is 49.0 Å². The molecule has 6 nitrogen and oxygen atoms in total. The molecule has 1 aromatic rings. The molecule has 1 atom stereocenters. The summed E-state index contributed by atoms with van der Waals surface area (Å²) in [6, 6.07) is 3.20. The van der Waals surface area contributed by atoms with E-state index in [0.29, 0.717) is 6.54 Å². The summed E-state index contributed by atoms with van der Waals surface area (Å²) in [6.07, 6.45) is 1.67. The van der Waals surface area contributed by atoms with E-state index < -0.39 is 0 Å². The van der Waals surface area contributed by atoms with Gasteiger partial charge in [-0.25, -0.2) is 0 Å². The normalized spacial score (nSPS) is 11.3. The number of carbonyl (C=O) groups excluding carboxylic acids is 2. The van der Waals surface area contributed by atoms with Crippen LogP contribution in [-0.4, -0.2) is 42.9 Å². The number of likely N-dealkylation sites (N-methyl/N-ethyl adjacent to an activating group) is 1. The van der Waals surface area contributed by atoms with E-state index in [9.17, 15) is 9.59 Å². The molecule has 0 aliphatic rings. The van der Waals surface area contributed by atoms with Gasteiger partial charge < -0.3 is 20.4 Å². The molecule has 0 aliphatic carbocycles. The Kier molecular flexibility index (Phi) is 7.86. The van der Waals surface area contributed by atoms with E-state index >= 15 is 0 Å². The van der Waals surface area contributed by atoms with Crippen molar-refractivity contribution in [1.82, 2.24) is 10.2 Å². The third kappa shape index (κ3) is 5.32. The van der Waals surface area contributed by atoms with Crippen LogP contribution in [0.25, 0.3) is 0 Å². The van der Waals surface area contributed by atoms with Gasteiger partial charge in [-0.1, -0.05) is 0 Å². The Labute approximate surface area is 118 Å². The molecule has 0 bridgehead atoms. The molecule has 0 fully saturated rings. The Morgan fingerprint density at radius 3 is 2.74 bits per heavy atom. The highest BCUT2D eigenvalue weighted by Gasteiger charge is 2.14. The van der Waals surface area contributed by atoms with E-state index in [2.05, 4.69) is 5.32 Å². The van der Waals surface area contributed by atoms with Gasteiger partial charge in [0.25, 0.3) is 5.91 Å². The average molecular weight is 290 g/mol. The number of carbonyl (C=O) groups is 2. The number of hydrogen-bond acceptors (Lipinski definition) is 4. The Bertz CT molecular complexity index is 395. The van der Waals surface area contributed by atoms with Crippen LogP contribution in [0.15, 0.2) is 22.8 Å². The maximum Gasteiger partial charge on any atom is 0.286 e. The fourth-order valence-electron chi connectivity index (χ4n) is 1.36. The largest absolute Gasteiger partial charge is 0.459 e. The van der Waals surface area contributed by atoms with E-state index in [1.165, 1.54) is 6.26 Å². The maximum absolute atomic E-state index is 11.7. The highest BCUT2D eigenvalue weighted by Crippen LogP contribution is 2.00. The molecule has 0 saturated heterocycles. The topological polar surface area (TPSA) is 88.6 Å². The molecule has 3 N–H and O–H groups in total. The zero-order valence-corrected chi connectivity index (χ0v) is 11.9. The summed E-state index contributed by atoms with van der Waals surface area (Å²) in [6.45, 7) is 2.57. The van der Waals surface area contributed by atoms with Gasteiger partial charge in [-0.3, -0.25) is 9.59 Å². The average Bonchev–Trinajstić information content (AvgIpc) is 2.90. The van der Waals surface area contributed by atoms with Gasteiger partial charge >= 0.3 is 0 Å². The summed E-state index contributed by atoms with van der Waals surface area (Å²) in [5, 5.41) is 2.62. The molecule has 1 aromatic heterocycles. The zero-order chi connectivity index (χ0) is 13.5. The van der Waals surface area contributed by atoms with Crippen LogP contribution in [0.3, 0.4) is 0 Å². The Morgan fingerprint density at radius 2 is 2.21 bits per heavy atom. The van der Waals surface area contributed by atoms with Crippen LogP contribution in [-0.2, 0) is 4.79 Å². The van der Waals surface area contributed by atoms with Crippen LogP contribution >= 0.6 is 12.4 Å². The summed E-state index contributed by atoms with van der Waals surface area (Å²) in [7, 11) is 1.70. The van der Waals surface area contributed by atoms with E-state index in [1.807, 2.05) is 6.92 Å². The minimum Gasteiger partial charge on any atom is -0.459 e. The fraction of sp³-hybridized carbons (Fsp3) is 0.500. The first-order chi connectivity index (χ1) is 8.56. The van der Waals surface area contributed by atoms with Crippen LogP contribution < -0.4 is 11.1 Å². The van der Waals surface area contributed by atoms with Gasteiger partial charge in [0.2, 0.25) is 5.91 Å². The zero-order valence-electron chi connectivity index (χ0n) is 11.1. The molecule has 7 heteroatoms. The molecule has 108 valence electrons. The van der Waals surface area contributed by atoms with Crippen molar-refractivity contribution < 1.29 is 14.0 Å². The van der Waals surface area contributed by atoms with Gasteiger partial charge in [-0.15, -0.1) is 12.4 Å². The first-order valence-corrected chi connectivity index (χ1v) is 5.83. The lowest BCUT2D eigenvalue weighted by Crippen LogP contribution is -2.41. The van der Waals surface area contributed by atoms with Crippen molar-refractivity contribution in [3.05, 3.63) is 24.2 Å². The standard InChI is InChI=1S/C12H19N3O3.ClH/c1-9(8-13)15(2)11(16)5-6-14-12(17)10-4-3-7-18-10;/h3-4,7,9H,5-6,8,13H2,1-2H3,(H,14,17);1H. The Balaban J connectivity index is 0.00000324. The summed E-state index contributed by atoms with van der Waals surface area (Å²) in [4.78, 5) is 24.8. The molecule has 2 amide bonds. The van der Waals surface area contributed by atoms with Crippen molar-refractivity contribution in [1.29, 1.82) is 0 Å². The third-order valence-corrected chi connectivity index (χ3v) is 2.77. The number of nitrogens with one attached hydrogen (secondary N) is 1. The van der Waals surface area contributed by atoms with Crippen molar-refractivity contribution >= 4 is 24.2 Å². The summed E-state index contributed by atoms with van der Waals surface area (Å²) < 4.78 is 4.93. The highest BCUT2D eigenvalue weighted by atomic mass is 35.5. The molecule has 0 aliphatic heterocycles. The van der Waals surface area contributed by atoms with Crippen LogP contribution in [0.2, 0.25) is 0 Å². The van der Waals surface area contributed by atoms with Crippen LogP contribution in [0, 0.1) is 0 Å². The predicted molar refractivity (Wildman–Crippen MR) is 74.2 cm³/mol. The molecule has 1 heterocycles. The van der Waals surface area contributed by atoms with E-state index in [0.717, 1.165) is 0 Å². The van der Waals surface area contributed by atoms with Gasteiger partial charge in [0.05, 0.1) is 6.26 Å². The summed E-state index contributed by atoms with van der Waals surface area (Å²) in [5.41, 5.74) is 5.48. The second-order valence-corrected chi connectivity index (χ2v) is 4.07. The van der Waals surface area contributed by atoms with Gasteiger partial charge in [-0.2, -0.15) is 0 Å². The van der Waals surface area contributed by atoms with Crippen molar-refractivity contribution in [2.24, 2.45) is 5.73 Å². The molecule has 0 saturated carbocycles. The second kappa shape index (κ2) is 8.55. The molecule has 1 rings (SSSR count). The van der Waals surface area contributed by atoms with Crippen LogP contribution in [0.4, 0.5) is 0 Å². The van der Waals surface area contributed by atoms with E-state index in [1.54, 1.807) is 24.1 Å². The lowest BCUT2D eigenvalue weighted by Gasteiger charge is -2.23. The van der Waals surface area contributed by atoms with Crippen molar-refractivity contribution in [2.45, 2.75) is 19.4 Å². The minimum absolute atomic E-state index is 0. The molecular formula is C12H20ClN3O3. The molecule has 19 heavy (non-hydrogen) atoms. The Hall–Kier alpha value is -1.53. The monoisotopic (exact) mass is 289 g/mol. The first kappa shape index (κ1) is 17.5. The predicted octanol–water partition coefficient (Wildman–Crippen LogP) is 0.627.